The van der Waals surface area contributed by atoms with E-state index in [1.165, 1.54) is 22.7 Å². The molecule has 3 heteroatoms. The molecule has 0 aliphatic carbocycles. The van der Waals surface area contributed by atoms with Crippen LogP contribution in [0.1, 0.15) is 49.9 Å². The maximum absolute atomic E-state index is 3.70. The molecule has 1 aromatic rings. The molecule has 1 saturated heterocycles. The SMILES string of the molecule is CCC1CN(C(C)c2ccc(C)s2)C(C(C)C)CN1. The summed E-state index contributed by atoms with van der Waals surface area (Å²) in [7, 11) is 0. The number of hydrogen-bond donors (Lipinski definition) is 1. The molecular weight excluding hydrogens is 252 g/mol. The van der Waals surface area contributed by atoms with Gasteiger partial charge >= 0.3 is 0 Å². The second-order valence-electron chi connectivity index (χ2n) is 6.15. The van der Waals surface area contributed by atoms with Gasteiger partial charge in [-0.3, -0.25) is 4.90 Å². The minimum Gasteiger partial charge on any atom is -0.311 e. The van der Waals surface area contributed by atoms with E-state index in [1.807, 2.05) is 11.3 Å². The normalized spacial score (nSPS) is 26.8. The van der Waals surface area contributed by atoms with Crippen LogP contribution in [0.3, 0.4) is 0 Å². The fourth-order valence-corrected chi connectivity index (χ4v) is 3.99. The van der Waals surface area contributed by atoms with Crippen LogP contribution in [0.4, 0.5) is 0 Å². The van der Waals surface area contributed by atoms with Gasteiger partial charge in [0, 0.05) is 41.0 Å². The van der Waals surface area contributed by atoms with Gasteiger partial charge in [0.1, 0.15) is 0 Å². The van der Waals surface area contributed by atoms with Crippen LogP contribution < -0.4 is 5.32 Å². The van der Waals surface area contributed by atoms with Crippen LogP contribution in [0.5, 0.6) is 0 Å². The molecule has 2 nitrogen and oxygen atoms in total. The van der Waals surface area contributed by atoms with E-state index in [2.05, 4.69) is 57.0 Å². The molecule has 2 heterocycles. The van der Waals surface area contributed by atoms with Gasteiger partial charge in [-0.2, -0.15) is 0 Å². The first-order valence-corrected chi connectivity index (χ1v) is 8.40. The first-order chi connectivity index (χ1) is 9.02. The van der Waals surface area contributed by atoms with Crippen LogP contribution in [0.25, 0.3) is 0 Å². The molecule has 0 aromatic carbocycles. The summed E-state index contributed by atoms with van der Waals surface area (Å²) in [5, 5.41) is 3.70. The molecule has 0 spiro atoms. The Morgan fingerprint density at radius 3 is 2.63 bits per heavy atom. The van der Waals surface area contributed by atoms with Crippen molar-refractivity contribution < 1.29 is 0 Å². The monoisotopic (exact) mass is 280 g/mol. The molecule has 0 saturated carbocycles. The van der Waals surface area contributed by atoms with Crippen molar-refractivity contribution >= 4 is 11.3 Å². The van der Waals surface area contributed by atoms with Gasteiger partial charge in [-0.1, -0.05) is 20.8 Å². The van der Waals surface area contributed by atoms with Gasteiger partial charge in [-0.15, -0.1) is 11.3 Å². The van der Waals surface area contributed by atoms with E-state index in [-0.39, 0.29) is 0 Å². The third kappa shape index (κ3) is 3.39. The number of aryl methyl sites for hydroxylation is 1. The molecule has 1 aliphatic rings. The van der Waals surface area contributed by atoms with Crippen molar-refractivity contribution in [2.75, 3.05) is 13.1 Å². The largest absolute Gasteiger partial charge is 0.311 e. The highest BCUT2D eigenvalue weighted by Crippen LogP contribution is 2.31. The first kappa shape index (κ1) is 15.0. The van der Waals surface area contributed by atoms with Crippen molar-refractivity contribution in [3.63, 3.8) is 0 Å². The summed E-state index contributed by atoms with van der Waals surface area (Å²) in [5.74, 6) is 0.703. The second-order valence-corrected chi connectivity index (χ2v) is 7.47. The highest BCUT2D eigenvalue weighted by Gasteiger charge is 2.32. The van der Waals surface area contributed by atoms with Crippen molar-refractivity contribution in [2.45, 2.75) is 59.2 Å². The lowest BCUT2D eigenvalue weighted by Crippen LogP contribution is -2.58. The van der Waals surface area contributed by atoms with E-state index < -0.39 is 0 Å². The van der Waals surface area contributed by atoms with Crippen LogP contribution in [0, 0.1) is 12.8 Å². The zero-order valence-corrected chi connectivity index (χ0v) is 13.8. The Bertz CT molecular complexity index is 399. The lowest BCUT2D eigenvalue weighted by Gasteiger charge is -2.45. The summed E-state index contributed by atoms with van der Waals surface area (Å²) in [4.78, 5) is 5.66. The molecule has 3 unspecified atom stereocenters. The van der Waals surface area contributed by atoms with Crippen LogP contribution in [0.2, 0.25) is 0 Å². The summed E-state index contributed by atoms with van der Waals surface area (Å²) >= 11 is 1.95. The fraction of sp³-hybridized carbons (Fsp3) is 0.750. The zero-order valence-electron chi connectivity index (χ0n) is 12.9. The maximum atomic E-state index is 3.70. The van der Waals surface area contributed by atoms with Gasteiger partial charge < -0.3 is 5.32 Å². The zero-order chi connectivity index (χ0) is 14.0. The molecule has 1 N–H and O–H groups in total. The van der Waals surface area contributed by atoms with Crippen LogP contribution in [-0.2, 0) is 0 Å². The van der Waals surface area contributed by atoms with Gasteiger partial charge in [-0.05, 0) is 38.3 Å². The number of nitrogens with one attached hydrogen (secondary N) is 1. The molecule has 0 amide bonds. The van der Waals surface area contributed by atoms with Gasteiger partial charge in [0.25, 0.3) is 0 Å². The fourth-order valence-electron chi connectivity index (χ4n) is 3.04. The van der Waals surface area contributed by atoms with Crippen molar-refractivity contribution in [1.82, 2.24) is 10.2 Å². The second kappa shape index (κ2) is 6.38. The Hall–Kier alpha value is -0.380. The molecular formula is C16H28N2S. The summed E-state index contributed by atoms with van der Waals surface area (Å²) in [6.45, 7) is 13.9. The van der Waals surface area contributed by atoms with Crippen LogP contribution in [-0.4, -0.2) is 30.1 Å². The Morgan fingerprint density at radius 1 is 1.37 bits per heavy atom. The molecule has 0 bridgehead atoms. The van der Waals surface area contributed by atoms with E-state index >= 15 is 0 Å². The molecule has 1 aliphatic heterocycles. The minimum atomic E-state index is 0.544. The maximum Gasteiger partial charge on any atom is 0.0417 e. The number of nitrogens with zero attached hydrogens (tertiary/aromatic N) is 1. The quantitative estimate of drug-likeness (QED) is 0.902. The summed E-state index contributed by atoms with van der Waals surface area (Å²) in [5.41, 5.74) is 0. The molecule has 19 heavy (non-hydrogen) atoms. The Morgan fingerprint density at radius 2 is 2.11 bits per heavy atom. The van der Waals surface area contributed by atoms with Crippen molar-refractivity contribution in [1.29, 1.82) is 0 Å². The van der Waals surface area contributed by atoms with Crippen molar-refractivity contribution in [3.05, 3.63) is 21.9 Å². The van der Waals surface area contributed by atoms with Gasteiger partial charge in [0.05, 0.1) is 0 Å². The Kier molecular flexibility index (Phi) is 5.04. The third-order valence-electron chi connectivity index (χ3n) is 4.41. The first-order valence-electron chi connectivity index (χ1n) is 7.58. The van der Waals surface area contributed by atoms with E-state index in [1.54, 1.807) is 0 Å². The Labute approximate surface area is 122 Å². The number of thiophene rings is 1. The minimum absolute atomic E-state index is 0.544. The highest BCUT2D eigenvalue weighted by atomic mass is 32.1. The summed E-state index contributed by atoms with van der Waals surface area (Å²) in [6.07, 6.45) is 1.22. The smallest absolute Gasteiger partial charge is 0.0417 e. The third-order valence-corrected chi connectivity index (χ3v) is 5.58. The number of rotatable bonds is 4. The van der Waals surface area contributed by atoms with E-state index in [9.17, 15) is 0 Å². The molecule has 1 aromatic heterocycles. The van der Waals surface area contributed by atoms with Crippen molar-refractivity contribution in [2.24, 2.45) is 5.92 Å². The Balaban J connectivity index is 2.16. The average Bonchev–Trinajstić information content (AvgIpc) is 2.83. The molecule has 108 valence electrons. The van der Waals surface area contributed by atoms with E-state index in [4.69, 9.17) is 0 Å². The summed E-state index contributed by atoms with van der Waals surface area (Å²) < 4.78 is 0. The standard InChI is InChI=1S/C16H28N2S/c1-6-14-10-18(15(9-17-14)11(2)3)13(5)16-8-7-12(4)19-16/h7-8,11,13-15,17H,6,9-10H2,1-5H3. The van der Waals surface area contributed by atoms with E-state index in [0.717, 1.165) is 6.54 Å². The van der Waals surface area contributed by atoms with Crippen LogP contribution in [0.15, 0.2) is 12.1 Å². The lowest BCUT2D eigenvalue weighted by molar-refractivity contribution is 0.0623. The van der Waals surface area contributed by atoms with Gasteiger partial charge in [0.2, 0.25) is 0 Å². The van der Waals surface area contributed by atoms with Gasteiger partial charge in [-0.25, -0.2) is 0 Å². The molecule has 0 radical (unpaired) electrons. The number of hydrogen-bond acceptors (Lipinski definition) is 3. The number of piperazine rings is 1. The average molecular weight is 280 g/mol. The molecule has 1 fully saturated rings. The van der Waals surface area contributed by atoms with Gasteiger partial charge in [0.15, 0.2) is 0 Å². The molecule has 2 rings (SSSR count). The topological polar surface area (TPSA) is 15.3 Å². The molecule has 3 atom stereocenters. The van der Waals surface area contributed by atoms with E-state index in [0.29, 0.717) is 24.0 Å². The predicted octanol–water partition coefficient (Wildman–Crippen LogP) is 3.83. The summed E-state index contributed by atoms with van der Waals surface area (Å²) in [6, 6.07) is 6.41. The van der Waals surface area contributed by atoms with Crippen molar-refractivity contribution in [3.8, 4) is 0 Å². The highest BCUT2D eigenvalue weighted by molar-refractivity contribution is 7.12. The lowest BCUT2D eigenvalue weighted by atomic mass is 9.95. The predicted molar refractivity (Wildman–Crippen MR) is 84.9 cm³/mol. The van der Waals surface area contributed by atoms with Crippen LogP contribution >= 0.6 is 11.3 Å².